The number of carbonyl (C=O) groups excluding carboxylic acids is 1. The molecule has 1 amide bonds. The summed E-state index contributed by atoms with van der Waals surface area (Å²) < 4.78 is 0.241. The molecule has 0 aromatic heterocycles. The largest absolute Gasteiger partial charge is 0.477 e. The summed E-state index contributed by atoms with van der Waals surface area (Å²) in [5.74, 6) is -1.99. The average molecular weight is 342 g/mol. The van der Waals surface area contributed by atoms with Crippen molar-refractivity contribution in [1.82, 2.24) is 4.90 Å². The number of carboxylic acids is 2. The number of amides is 1. The second kappa shape index (κ2) is 6.34. The van der Waals surface area contributed by atoms with Crippen molar-refractivity contribution in [2.24, 2.45) is 5.73 Å². The highest BCUT2D eigenvalue weighted by Gasteiger charge is 2.51. The highest BCUT2D eigenvalue weighted by atomic mass is 32.2. The molecule has 23 heavy (non-hydrogen) atoms. The second-order valence-electron chi connectivity index (χ2n) is 6.19. The quantitative estimate of drug-likeness (QED) is 0.430. The lowest BCUT2D eigenvalue weighted by molar-refractivity contribution is -0.877. The van der Waals surface area contributed by atoms with E-state index in [1.54, 1.807) is 26.2 Å². The third-order valence-corrected chi connectivity index (χ3v) is 5.05. The van der Waals surface area contributed by atoms with Crippen LogP contribution >= 0.6 is 11.8 Å². The van der Waals surface area contributed by atoms with Crippen LogP contribution in [0, 0.1) is 0 Å². The molecule has 9 heteroatoms. The van der Waals surface area contributed by atoms with Crippen LogP contribution in [0.5, 0.6) is 0 Å². The summed E-state index contributed by atoms with van der Waals surface area (Å²) in [6, 6.07) is -0.647. The lowest BCUT2D eigenvalue weighted by Gasteiger charge is -2.47. The van der Waals surface area contributed by atoms with Crippen LogP contribution in [-0.2, 0) is 14.4 Å². The van der Waals surface area contributed by atoms with E-state index in [1.165, 1.54) is 16.7 Å². The molecule has 2 aliphatic heterocycles. The zero-order chi connectivity index (χ0) is 17.4. The fourth-order valence-electron chi connectivity index (χ4n) is 2.58. The number of allylic oxidation sites excluding steroid dienone is 1. The van der Waals surface area contributed by atoms with Crippen LogP contribution in [0.1, 0.15) is 0 Å². The highest BCUT2D eigenvalue weighted by molar-refractivity contribution is 8.00. The Bertz CT molecular complexity index is 614. The molecule has 0 saturated carbocycles. The van der Waals surface area contributed by atoms with E-state index in [0.717, 1.165) is 0 Å². The predicted octanol–water partition coefficient (Wildman–Crippen LogP) is -0.715. The van der Waals surface area contributed by atoms with Gasteiger partial charge in [-0.2, -0.15) is 0 Å². The number of quaternary nitrogens is 1. The van der Waals surface area contributed by atoms with E-state index in [9.17, 15) is 19.5 Å². The Morgan fingerprint density at radius 2 is 2.09 bits per heavy atom. The molecule has 2 rings (SSSR count). The Hall–Kier alpha value is -1.84. The lowest BCUT2D eigenvalue weighted by Crippen LogP contribution is -2.68. The minimum absolute atomic E-state index is 0.0276. The highest BCUT2D eigenvalue weighted by Crippen LogP contribution is 2.39. The van der Waals surface area contributed by atoms with Gasteiger partial charge in [-0.3, -0.25) is 9.69 Å². The van der Waals surface area contributed by atoms with Crippen molar-refractivity contribution in [2.45, 2.75) is 11.4 Å². The number of carboxylic acid groups (broad SMARTS) is 2. The SMILES string of the molecule is C[N+](C)(CC=CC1=C(C(=O)O)N2C(=O)[C@@H](N)[C@H]2SC1)CC(=O)O. The Balaban J connectivity index is 2.16. The summed E-state index contributed by atoms with van der Waals surface area (Å²) in [5.41, 5.74) is 6.19. The van der Waals surface area contributed by atoms with Gasteiger partial charge in [0.1, 0.15) is 17.1 Å². The Morgan fingerprint density at radius 3 is 2.65 bits per heavy atom. The lowest BCUT2D eigenvalue weighted by atomic mass is 10.0. The molecule has 1 fully saturated rings. The number of rotatable bonds is 6. The zero-order valence-corrected chi connectivity index (χ0v) is 13.7. The molecule has 2 heterocycles. The van der Waals surface area contributed by atoms with E-state index < -0.39 is 18.0 Å². The summed E-state index contributed by atoms with van der Waals surface area (Å²) in [5, 5.41) is 17.9. The first-order valence-corrected chi connectivity index (χ1v) is 8.06. The van der Waals surface area contributed by atoms with Crippen LogP contribution in [0.25, 0.3) is 0 Å². The van der Waals surface area contributed by atoms with Crippen molar-refractivity contribution in [3.8, 4) is 0 Å². The van der Waals surface area contributed by atoms with Gasteiger partial charge in [0.05, 0.1) is 20.6 Å². The number of hydrogen-bond acceptors (Lipinski definition) is 5. The van der Waals surface area contributed by atoms with Gasteiger partial charge in [-0.25, -0.2) is 9.59 Å². The van der Waals surface area contributed by atoms with Crippen molar-refractivity contribution in [3.05, 3.63) is 23.4 Å². The van der Waals surface area contributed by atoms with Crippen LogP contribution in [0.15, 0.2) is 23.4 Å². The molecule has 0 radical (unpaired) electrons. The van der Waals surface area contributed by atoms with E-state index >= 15 is 0 Å². The van der Waals surface area contributed by atoms with Gasteiger partial charge in [0.2, 0.25) is 5.91 Å². The van der Waals surface area contributed by atoms with Gasteiger partial charge in [-0.1, -0.05) is 6.08 Å². The van der Waals surface area contributed by atoms with Crippen molar-refractivity contribution >= 4 is 29.6 Å². The maximum Gasteiger partial charge on any atom is 0.359 e. The van der Waals surface area contributed by atoms with Gasteiger partial charge >= 0.3 is 11.9 Å². The summed E-state index contributed by atoms with van der Waals surface area (Å²) >= 11 is 1.43. The minimum atomic E-state index is -1.16. The van der Waals surface area contributed by atoms with Gasteiger partial charge in [-0.15, -0.1) is 11.8 Å². The molecule has 0 bridgehead atoms. The number of carbonyl (C=O) groups is 3. The zero-order valence-electron chi connectivity index (χ0n) is 12.9. The van der Waals surface area contributed by atoms with Gasteiger partial charge in [0.25, 0.3) is 0 Å². The number of likely N-dealkylation sites (N-methyl/N-ethyl adjacent to an activating group) is 1. The molecular formula is C14H20N3O5S+. The van der Waals surface area contributed by atoms with Gasteiger partial charge < -0.3 is 20.4 Å². The summed E-state index contributed by atoms with van der Waals surface area (Å²) in [4.78, 5) is 35.3. The number of thioether (sulfide) groups is 1. The van der Waals surface area contributed by atoms with Crippen molar-refractivity contribution < 1.29 is 29.1 Å². The molecular weight excluding hydrogens is 322 g/mol. The smallest absolute Gasteiger partial charge is 0.359 e. The van der Waals surface area contributed by atoms with Crippen molar-refractivity contribution in [2.75, 3.05) is 32.9 Å². The Labute approximate surface area is 137 Å². The summed E-state index contributed by atoms with van der Waals surface area (Å²) in [6.07, 6.45) is 3.40. The monoisotopic (exact) mass is 342 g/mol. The number of aliphatic carboxylic acids is 2. The third-order valence-electron chi connectivity index (χ3n) is 3.72. The van der Waals surface area contributed by atoms with Crippen LogP contribution in [-0.4, -0.2) is 81.8 Å². The fourth-order valence-corrected chi connectivity index (χ4v) is 3.84. The maximum atomic E-state index is 11.8. The van der Waals surface area contributed by atoms with E-state index in [-0.39, 0.29) is 28.0 Å². The molecule has 0 spiro atoms. The molecule has 8 nitrogen and oxygen atoms in total. The van der Waals surface area contributed by atoms with Crippen LogP contribution in [0.3, 0.4) is 0 Å². The Morgan fingerprint density at radius 1 is 1.43 bits per heavy atom. The number of fused-ring (bicyclic) bond motifs is 1. The molecule has 0 aliphatic carbocycles. The van der Waals surface area contributed by atoms with Gasteiger partial charge in [0, 0.05) is 5.75 Å². The maximum absolute atomic E-state index is 11.8. The van der Waals surface area contributed by atoms with Gasteiger partial charge in [-0.05, 0) is 11.6 Å². The predicted molar refractivity (Wildman–Crippen MR) is 84.3 cm³/mol. The second-order valence-corrected chi connectivity index (χ2v) is 7.29. The normalized spacial score (nSPS) is 24.7. The molecule has 0 aromatic rings. The molecule has 4 N–H and O–H groups in total. The third kappa shape index (κ3) is 3.57. The number of β-lactam (4-membered cyclic amide) rings is 1. The fraction of sp³-hybridized carbons (Fsp3) is 0.500. The van der Waals surface area contributed by atoms with Crippen molar-refractivity contribution in [3.63, 3.8) is 0 Å². The Kier molecular flexibility index (Phi) is 4.83. The summed E-state index contributed by atoms with van der Waals surface area (Å²) in [6.45, 7) is 0.399. The van der Waals surface area contributed by atoms with Crippen LogP contribution in [0.2, 0.25) is 0 Å². The number of hydrogen-bond donors (Lipinski definition) is 3. The average Bonchev–Trinajstić information content (AvgIpc) is 2.43. The first kappa shape index (κ1) is 17.5. The molecule has 0 aromatic carbocycles. The van der Waals surface area contributed by atoms with Crippen LogP contribution < -0.4 is 5.73 Å². The minimum Gasteiger partial charge on any atom is -0.477 e. The molecule has 2 atom stereocenters. The molecule has 1 saturated heterocycles. The van der Waals surface area contributed by atoms with Crippen LogP contribution in [0.4, 0.5) is 0 Å². The first-order chi connectivity index (χ1) is 10.6. The molecule has 0 unspecified atom stereocenters. The first-order valence-electron chi connectivity index (χ1n) is 7.01. The summed E-state index contributed by atoms with van der Waals surface area (Å²) in [7, 11) is 3.54. The topological polar surface area (TPSA) is 121 Å². The molecule has 2 aliphatic rings. The molecule has 126 valence electrons. The standard InChI is InChI=1S/C14H19N3O5S/c1-17(2,6-9(18)19)5-3-4-8-7-23-13-10(15)12(20)16(13)11(8)14(21)22/h3-4,10,13H,5-7,15H2,1-2H3,(H-,18,19,21,22)/p+1/t10-,13-/m1/s1. The van der Waals surface area contributed by atoms with E-state index in [0.29, 0.717) is 17.9 Å². The van der Waals surface area contributed by atoms with Gasteiger partial charge in [0.15, 0.2) is 6.54 Å². The van der Waals surface area contributed by atoms with E-state index in [2.05, 4.69) is 0 Å². The number of nitrogens with zero attached hydrogens (tertiary/aromatic N) is 2. The van der Waals surface area contributed by atoms with Crippen molar-refractivity contribution in [1.29, 1.82) is 0 Å². The van der Waals surface area contributed by atoms with E-state index in [1.807, 2.05) is 0 Å². The number of nitrogens with two attached hydrogens (primary N) is 1. The van der Waals surface area contributed by atoms with E-state index in [4.69, 9.17) is 10.8 Å².